The first-order valence-electron chi connectivity index (χ1n) is 8.16. The molecular weight excluding hydrogens is 258 g/mol. The van der Waals surface area contributed by atoms with Crippen LogP contribution in [0.25, 0.3) is 0 Å². The molecular formula is C16H26ClNO. The van der Waals surface area contributed by atoms with E-state index in [2.05, 4.69) is 5.32 Å². The van der Waals surface area contributed by atoms with Gasteiger partial charge in [0.25, 0.3) is 0 Å². The second kappa shape index (κ2) is 6.03. The number of carbonyl (C=O) groups is 1. The van der Waals surface area contributed by atoms with Gasteiger partial charge in [0, 0.05) is 12.5 Å². The van der Waals surface area contributed by atoms with Gasteiger partial charge in [-0.2, -0.15) is 0 Å². The van der Waals surface area contributed by atoms with Crippen molar-refractivity contribution >= 4 is 17.5 Å². The van der Waals surface area contributed by atoms with E-state index in [0.717, 1.165) is 31.1 Å². The lowest BCUT2D eigenvalue weighted by Crippen LogP contribution is -2.41. The van der Waals surface area contributed by atoms with Crippen LogP contribution in [0, 0.1) is 17.8 Å². The number of nitrogens with one attached hydrogen (secondary N) is 1. The minimum atomic E-state index is 0.145. The largest absolute Gasteiger partial charge is 0.352 e. The Hall–Kier alpha value is -0.240. The third kappa shape index (κ3) is 3.26. The number of amides is 1. The quantitative estimate of drug-likeness (QED) is 0.618. The smallest absolute Gasteiger partial charge is 0.220 e. The van der Waals surface area contributed by atoms with Crippen molar-refractivity contribution in [3.05, 3.63) is 0 Å². The number of carbonyl (C=O) groups excluding carboxylic acids is 1. The molecule has 0 aromatic heterocycles. The van der Waals surface area contributed by atoms with Crippen molar-refractivity contribution in [3.8, 4) is 0 Å². The Morgan fingerprint density at radius 2 is 1.89 bits per heavy atom. The van der Waals surface area contributed by atoms with Crippen LogP contribution in [0.2, 0.25) is 0 Å². The fourth-order valence-corrected chi connectivity index (χ4v) is 4.90. The first-order chi connectivity index (χ1) is 9.22. The van der Waals surface area contributed by atoms with Gasteiger partial charge in [-0.15, -0.1) is 11.6 Å². The molecule has 1 N–H and O–H groups in total. The number of alkyl halides is 1. The molecule has 1 amide bonds. The number of fused-ring (bicyclic) bond motifs is 2. The molecule has 3 heteroatoms. The maximum Gasteiger partial charge on any atom is 0.220 e. The molecule has 3 aliphatic rings. The zero-order chi connectivity index (χ0) is 13.2. The first-order valence-corrected chi connectivity index (χ1v) is 8.59. The van der Waals surface area contributed by atoms with Crippen molar-refractivity contribution in [1.29, 1.82) is 0 Å². The van der Waals surface area contributed by atoms with Crippen LogP contribution in [0.3, 0.4) is 0 Å². The van der Waals surface area contributed by atoms with E-state index in [1.165, 1.54) is 44.9 Å². The summed E-state index contributed by atoms with van der Waals surface area (Å²) in [6.07, 6.45) is 12.0. The van der Waals surface area contributed by atoms with E-state index >= 15 is 0 Å². The van der Waals surface area contributed by atoms with Crippen LogP contribution < -0.4 is 5.32 Å². The number of hydrogen-bond acceptors (Lipinski definition) is 1. The summed E-state index contributed by atoms with van der Waals surface area (Å²) < 4.78 is 0. The standard InChI is InChI=1S/C16H26ClNO/c17-14-4-2-1-3-5-15(14)18-16(19)10-13-9-11-6-7-12(13)8-11/h11-15H,1-10H2,(H,18,19). The highest BCUT2D eigenvalue weighted by atomic mass is 35.5. The summed E-state index contributed by atoms with van der Waals surface area (Å²) in [5.41, 5.74) is 0. The van der Waals surface area contributed by atoms with Gasteiger partial charge >= 0.3 is 0 Å². The van der Waals surface area contributed by atoms with Gasteiger partial charge in [0.15, 0.2) is 0 Å². The normalized spacial score (nSPS) is 42.1. The Balaban J connectivity index is 1.48. The van der Waals surface area contributed by atoms with Crippen LogP contribution in [-0.4, -0.2) is 17.3 Å². The van der Waals surface area contributed by atoms with Crippen molar-refractivity contribution in [2.24, 2.45) is 17.8 Å². The molecule has 0 aliphatic heterocycles. The predicted molar refractivity (Wildman–Crippen MR) is 78.2 cm³/mol. The number of halogens is 1. The molecule has 3 saturated carbocycles. The van der Waals surface area contributed by atoms with Crippen LogP contribution in [0.4, 0.5) is 0 Å². The lowest BCUT2D eigenvalue weighted by Gasteiger charge is -2.25. The fraction of sp³-hybridized carbons (Fsp3) is 0.938. The molecule has 0 heterocycles. The SMILES string of the molecule is O=C(CC1CC2CCC1C2)NC1CCCCCC1Cl. The maximum absolute atomic E-state index is 12.2. The van der Waals surface area contributed by atoms with E-state index in [0.29, 0.717) is 5.92 Å². The van der Waals surface area contributed by atoms with Crippen LogP contribution in [0.1, 0.15) is 64.2 Å². The number of rotatable bonds is 3. The van der Waals surface area contributed by atoms with E-state index in [9.17, 15) is 4.79 Å². The van der Waals surface area contributed by atoms with Gasteiger partial charge in [-0.25, -0.2) is 0 Å². The monoisotopic (exact) mass is 283 g/mol. The van der Waals surface area contributed by atoms with Crippen molar-refractivity contribution in [3.63, 3.8) is 0 Å². The Morgan fingerprint density at radius 1 is 1.05 bits per heavy atom. The topological polar surface area (TPSA) is 29.1 Å². The van der Waals surface area contributed by atoms with Crippen molar-refractivity contribution in [1.82, 2.24) is 5.32 Å². The molecule has 19 heavy (non-hydrogen) atoms. The summed E-state index contributed by atoms with van der Waals surface area (Å²) in [7, 11) is 0. The third-order valence-corrected chi connectivity index (χ3v) is 6.13. The molecule has 3 aliphatic carbocycles. The highest BCUT2D eigenvalue weighted by Crippen LogP contribution is 2.49. The maximum atomic E-state index is 12.2. The van der Waals surface area contributed by atoms with Crippen molar-refractivity contribution in [2.75, 3.05) is 0 Å². The zero-order valence-electron chi connectivity index (χ0n) is 11.7. The highest BCUT2D eigenvalue weighted by Gasteiger charge is 2.40. The fourth-order valence-electron chi connectivity index (χ4n) is 4.56. The summed E-state index contributed by atoms with van der Waals surface area (Å²) in [6, 6.07) is 0.218. The van der Waals surface area contributed by atoms with E-state index in [-0.39, 0.29) is 17.3 Å². The van der Waals surface area contributed by atoms with Crippen molar-refractivity contribution < 1.29 is 4.79 Å². The molecule has 0 radical (unpaired) electrons. The summed E-state index contributed by atoms with van der Waals surface area (Å²) in [5.74, 6) is 2.70. The predicted octanol–water partition coefficient (Wildman–Crippen LogP) is 3.87. The minimum Gasteiger partial charge on any atom is -0.352 e. The Bertz CT molecular complexity index is 333. The Labute approximate surface area is 121 Å². The zero-order valence-corrected chi connectivity index (χ0v) is 12.5. The lowest BCUT2D eigenvalue weighted by molar-refractivity contribution is -0.123. The molecule has 5 unspecified atom stereocenters. The van der Waals surface area contributed by atoms with Gasteiger partial charge in [-0.1, -0.05) is 25.7 Å². The Morgan fingerprint density at radius 3 is 2.63 bits per heavy atom. The van der Waals surface area contributed by atoms with Crippen LogP contribution >= 0.6 is 11.6 Å². The third-order valence-electron chi connectivity index (χ3n) is 5.61. The van der Waals surface area contributed by atoms with Gasteiger partial charge in [0.2, 0.25) is 5.91 Å². The van der Waals surface area contributed by atoms with Gasteiger partial charge in [-0.3, -0.25) is 4.79 Å². The summed E-state index contributed by atoms with van der Waals surface area (Å²) in [6.45, 7) is 0. The lowest BCUT2D eigenvalue weighted by atomic mass is 9.86. The molecule has 2 nitrogen and oxygen atoms in total. The van der Waals surface area contributed by atoms with Gasteiger partial charge in [0.1, 0.15) is 0 Å². The van der Waals surface area contributed by atoms with E-state index in [1.807, 2.05) is 0 Å². The molecule has 2 bridgehead atoms. The minimum absolute atomic E-state index is 0.145. The number of hydrogen-bond donors (Lipinski definition) is 1. The second-order valence-corrected chi connectivity index (χ2v) is 7.53. The molecule has 5 atom stereocenters. The molecule has 0 saturated heterocycles. The molecule has 0 spiro atoms. The molecule has 0 aromatic rings. The first kappa shape index (κ1) is 13.7. The summed E-state index contributed by atoms with van der Waals surface area (Å²) in [4.78, 5) is 12.2. The van der Waals surface area contributed by atoms with E-state index in [1.54, 1.807) is 0 Å². The molecule has 3 rings (SSSR count). The molecule has 3 fully saturated rings. The van der Waals surface area contributed by atoms with Gasteiger partial charge < -0.3 is 5.32 Å². The van der Waals surface area contributed by atoms with Crippen LogP contribution in [-0.2, 0) is 4.79 Å². The molecule has 0 aromatic carbocycles. The average molecular weight is 284 g/mol. The summed E-state index contributed by atoms with van der Waals surface area (Å²) in [5, 5.41) is 3.37. The van der Waals surface area contributed by atoms with Gasteiger partial charge in [-0.05, 0) is 49.9 Å². The van der Waals surface area contributed by atoms with E-state index in [4.69, 9.17) is 11.6 Å². The average Bonchev–Trinajstić information content (AvgIpc) is 2.93. The van der Waals surface area contributed by atoms with Crippen LogP contribution in [0.5, 0.6) is 0 Å². The second-order valence-electron chi connectivity index (χ2n) is 6.97. The van der Waals surface area contributed by atoms with Gasteiger partial charge in [0.05, 0.1) is 5.38 Å². The Kier molecular flexibility index (Phi) is 4.36. The highest BCUT2D eigenvalue weighted by molar-refractivity contribution is 6.21. The summed E-state index contributed by atoms with van der Waals surface area (Å²) >= 11 is 6.40. The van der Waals surface area contributed by atoms with Crippen LogP contribution in [0.15, 0.2) is 0 Å². The van der Waals surface area contributed by atoms with Crippen molar-refractivity contribution in [2.45, 2.75) is 75.6 Å². The van der Waals surface area contributed by atoms with E-state index < -0.39 is 0 Å². The molecule has 108 valence electrons.